The van der Waals surface area contributed by atoms with E-state index in [9.17, 15) is 4.39 Å². The largest absolute Gasteiger partial charge is 0.491 e. The Hall–Kier alpha value is -1.02. The predicted octanol–water partition coefficient (Wildman–Crippen LogP) is 4.18. The van der Waals surface area contributed by atoms with Crippen molar-refractivity contribution in [3.63, 3.8) is 0 Å². The lowest BCUT2D eigenvalue weighted by molar-refractivity contribution is 0.205. The lowest BCUT2D eigenvalue weighted by atomic mass is 10.1. The molecular weight excluding hydrogens is 215 g/mol. The summed E-state index contributed by atoms with van der Waals surface area (Å²) >= 11 is 5.90. The first-order chi connectivity index (χ1) is 6.91. The van der Waals surface area contributed by atoms with Crippen molar-refractivity contribution >= 4 is 17.4 Å². The van der Waals surface area contributed by atoms with Gasteiger partial charge in [0.05, 0.1) is 11.1 Å². The summed E-state index contributed by atoms with van der Waals surface area (Å²) in [5.74, 6) is 0.152. The van der Waals surface area contributed by atoms with Crippen LogP contribution in [0.15, 0.2) is 18.7 Å². The highest BCUT2D eigenvalue weighted by Crippen LogP contribution is 2.27. The summed E-state index contributed by atoms with van der Waals surface area (Å²) in [5.41, 5.74) is 1.17. The molecule has 0 heterocycles. The average Bonchev–Trinajstić information content (AvgIpc) is 2.09. The lowest BCUT2D eigenvalue weighted by Gasteiger charge is -2.14. The van der Waals surface area contributed by atoms with E-state index in [0.29, 0.717) is 21.9 Å². The molecular formula is C12H14ClFO. The van der Waals surface area contributed by atoms with Crippen LogP contribution in [-0.4, -0.2) is 6.10 Å². The fraction of sp³-hybridized carbons (Fsp3) is 0.333. The molecule has 0 bridgehead atoms. The van der Waals surface area contributed by atoms with E-state index in [2.05, 4.69) is 6.58 Å². The van der Waals surface area contributed by atoms with E-state index in [1.807, 2.05) is 13.8 Å². The number of halogens is 2. The SMILES string of the molecule is C=C(OC(C)C)c1cc(C)c(F)cc1Cl. The molecule has 3 heteroatoms. The van der Waals surface area contributed by atoms with Crippen molar-refractivity contribution in [2.75, 3.05) is 0 Å². The third-order valence-corrected chi connectivity index (χ3v) is 2.24. The van der Waals surface area contributed by atoms with Crippen molar-refractivity contribution in [1.82, 2.24) is 0 Å². The van der Waals surface area contributed by atoms with E-state index in [4.69, 9.17) is 16.3 Å². The fourth-order valence-corrected chi connectivity index (χ4v) is 1.47. The van der Waals surface area contributed by atoms with Gasteiger partial charge < -0.3 is 4.74 Å². The van der Waals surface area contributed by atoms with Gasteiger partial charge in [-0.1, -0.05) is 18.2 Å². The predicted molar refractivity (Wildman–Crippen MR) is 61.4 cm³/mol. The number of ether oxygens (including phenoxy) is 1. The summed E-state index contributed by atoms with van der Waals surface area (Å²) in [6, 6.07) is 2.92. The minimum atomic E-state index is -0.318. The van der Waals surface area contributed by atoms with E-state index >= 15 is 0 Å². The molecule has 1 nitrogen and oxygen atoms in total. The topological polar surface area (TPSA) is 9.23 Å². The van der Waals surface area contributed by atoms with Gasteiger partial charge in [0.2, 0.25) is 0 Å². The first-order valence-electron chi connectivity index (χ1n) is 4.73. The van der Waals surface area contributed by atoms with Crippen LogP contribution in [0.4, 0.5) is 4.39 Å². The van der Waals surface area contributed by atoms with Gasteiger partial charge in [-0.15, -0.1) is 0 Å². The Morgan fingerprint density at radius 2 is 2.07 bits per heavy atom. The molecule has 0 amide bonds. The molecule has 1 rings (SSSR count). The van der Waals surface area contributed by atoms with Gasteiger partial charge in [-0.05, 0) is 38.5 Å². The molecule has 0 unspecified atom stereocenters. The third kappa shape index (κ3) is 2.96. The molecule has 0 aromatic heterocycles. The molecule has 0 N–H and O–H groups in total. The zero-order chi connectivity index (χ0) is 11.6. The number of benzene rings is 1. The highest BCUT2D eigenvalue weighted by Gasteiger charge is 2.10. The van der Waals surface area contributed by atoms with Crippen molar-refractivity contribution in [3.8, 4) is 0 Å². The quantitative estimate of drug-likeness (QED) is 0.705. The van der Waals surface area contributed by atoms with Crippen LogP contribution in [0.25, 0.3) is 5.76 Å². The first-order valence-corrected chi connectivity index (χ1v) is 5.11. The highest BCUT2D eigenvalue weighted by molar-refractivity contribution is 6.32. The zero-order valence-corrected chi connectivity index (χ0v) is 9.86. The van der Waals surface area contributed by atoms with Crippen LogP contribution in [-0.2, 0) is 4.74 Å². The Balaban J connectivity index is 3.04. The normalized spacial score (nSPS) is 10.5. The summed E-state index contributed by atoms with van der Waals surface area (Å²) in [4.78, 5) is 0. The Morgan fingerprint density at radius 3 is 2.60 bits per heavy atom. The molecule has 0 aliphatic rings. The molecule has 0 saturated heterocycles. The van der Waals surface area contributed by atoms with Gasteiger partial charge in [0.25, 0.3) is 0 Å². The van der Waals surface area contributed by atoms with Crippen molar-refractivity contribution in [2.45, 2.75) is 26.9 Å². The average molecular weight is 229 g/mol. The monoisotopic (exact) mass is 228 g/mol. The Morgan fingerprint density at radius 1 is 1.47 bits per heavy atom. The van der Waals surface area contributed by atoms with Crippen LogP contribution in [0.2, 0.25) is 5.02 Å². The molecule has 0 spiro atoms. The summed E-state index contributed by atoms with van der Waals surface area (Å²) in [7, 11) is 0. The second-order valence-corrected chi connectivity index (χ2v) is 4.08. The molecule has 0 aliphatic carbocycles. The summed E-state index contributed by atoms with van der Waals surface area (Å²) in [6.07, 6.45) is 0.0268. The van der Waals surface area contributed by atoms with Gasteiger partial charge in [0.15, 0.2) is 0 Å². The maximum atomic E-state index is 13.1. The molecule has 1 aromatic rings. The molecule has 0 atom stereocenters. The van der Waals surface area contributed by atoms with E-state index in [0.717, 1.165) is 0 Å². The zero-order valence-electron chi connectivity index (χ0n) is 9.10. The van der Waals surface area contributed by atoms with E-state index in [1.54, 1.807) is 13.0 Å². The molecule has 0 aliphatic heterocycles. The second kappa shape index (κ2) is 4.67. The summed E-state index contributed by atoms with van der Waals surface area (Å²) < 4.78 is 18.5. The van der Waals surface area contributed by atoms with E-state index < -0.39 is 0 Å². The molecule has 15 heavy (non-hydrogen) atoms. The third-order valence-electron chi connectivity index (χ3n) is 1.93. The minimum absolute atomic E-state index is 0.0268. The van der Waals surface area contributed by atoms with Gasteiger partial charge in [0.1, 0.15) is 11.6 Å². The van der Waals surface area contributed by atoms with Crippen molar-refractivity contribution in [3.05, 3.63) is 40.7 Å². The minimum Gasteiger partial charge on any atom is -0.491 e. The number of hydrogen-bond donors (Lipinski definition) is 0. The van der Waals surface area contributed by atoms with Crippen LogP contribution < -0.4 is 0 Å². The van der Waals surface area contributed by atoms with Crippen molar-refractivity contribution in [2.24, 2.45) is 0 Å². The smallest absolute Gasteiger partial charge is 0.127 e. The van der Waals surface area contributed by atoms with Gasteiger partial charge >= 0.3 is 0 Å². The van der Waals surface area contributed by atoms with Crippen LogP contribution in [0, 0.1) is 12.7 Å². The lowest BCUT2D eigenvalue weighted by Crippen LogP contribution is -2.02. The Kier molecular flexibility index (Phi) is 3.75. The number of hydrogen-bond acceptors (Lipinski definition) is 1. The fourth-order valence-electron chi connectivity index (χ4n) is 1.22. The van der Waals surface area contributed by atoms with Crippen LogP contribution in [0.5, 0.6) is 0 Å². The van der Waals surface area contributed by atoms with Gasteiger partial charge in [-0.2, -0.15) is 0 Å². The van der Waals surface area contributed by atoms with Crippen LogP contribution >= 0.6 is 11.6 Å². The van der Waals surface area contributed by atoms with Crippen molar-refractivity contribution < 1.29 is 9.13 Å². The maximum absolute atomic E-state index is 13.1. The Labute approximate surface area is 94.5 Å². The van der Waals surface area contributed by atoms with Gasteiger partial charge in [-0.25, -0.2) is 4.39 Å². The number of aryl methyl sites for hydroxylation is 1. The highest BCUT2D eigenvalue weighted by atomic mass is 35.5. The maximum Gasteiger partial charge on any atom is 0.127 e. The standard InChI is InChI=1S/C12H14ClFO/c1-7(2)15-9(4)10-5-8(3)12(14)6-11(10)13/h5-7H,4H2,1-3H3. The van der Waals surface area contributed by atoms with Gasteiger partial charge in [-0.3, -0.25) is 0 Å². The second-order valence-electron chi connectivity index (χ2n) is 3.67. The van der Waals surface area contributed by atoms with Crippen LogP contribution in [0.3, 0.4) is 0 Å². The Bertz CT molecular complexity index is 385. The first kappa shape index (κ1) is 12.1. The van der Waals surface area contributed by atoms with E-state index in [-0.39, 0.29) is 11.9 Å². The summed E-state index contributed by atoms with van der Waals surface area (Å²) in [5, 5.41) is 0.323. The number of rotatable bonds is 3. The van der Waals surface area contributed by atoms with Crippen LogP contribution in [0.1, 0.15) is 25.0 Å². The molecule has 0 fully saturated rings. The van der Waals surface area contributed by atoms with Gasteiger partial charge in [0, 0.05) is 5.56 Å². The molecule has 1 aromatic carbocycles. The summed E-state index contributed by atoms with van der Waals surface area (Å²) in [6.45, 7) is 9.24. The molecule has 82 valence electrons. The molecule has 0 radical (unpaired) electrons. The van der Waals surface area contributed by atoms with Crippen molar-refractivity contribution in [1.29, 1.82) is 0 Å². The van der Waals surface area contributed by atoms with E-state index in [1.165, 1.54) is 6.07 Å². The molecule has 0 saturated carbocycles.